The summed E-state index contributed by atoms with van der Waals surface area (Å²) in [6.07, 6.45) is 7.98. The van der Waals surface area contributed by atoms with Crippen molar-refractivity contribution in [1.29, 1.82) is 5.26 Å². The van der Waals surface area contributed by atoms with Crippen LogP contribution in [0.1, 0.15) is 32.1 Å². The van der Waals surface area contributed by atoms with E-state index in [1.807, 2.05) is 6.19 Å². The van der Waals surface area contributed by atoms with E-state index in [-0.39, 0.29) is 0 Å². The Morgan fingerprint density at radius 2 is 1.89 bits per heavy atom. The normalized spacial score (nSPS) is 20.8. The molecule has 1 saturated carbocycles. The van der Waals surface area contributed by atoms with Gasteiger partial charge in [-0.15, -0.1) is 0 Å². The second-order valence-electron chi connectivity index (χ2n) is 2.52. The van der Waals surface area contributed by atoms with E-state index in [9.17, 15) is 0 Å². The van der Waals surface area contributed by atoms with E-state index in [1.54, 1.807) is 0 Å². The molecule has 1 radical (unpaired) electrons. The van der Waals surface area contributed by atoms with Gasteiger partial charge >= 0.3 is 0 Å². The number of rotatable bonds is 1. The van der Waals surface area contributed by atoms with E-state index >= 15 is 0 Å². The largest absolute Gasteiger partial charge is 0.208 e. The lowest BCUT2D eigenvalue weighted by molar-refractivity contribution is 0.403. The maximum atomic E-state index is 8.20. The molecule has 0 aromatic rings. The molecule has 0 saturated heterocycles. The monoisotopic (exact) mass is 123 g/mol. The topological polar surface area (TPSA) is 37.9 Å². The SMILES string of the molecule is N#C[N]C1CCCCC1. The van der Waals surface area contributed by atoms with Crippen molar-refractivity contribution >= 4 is 0 Å². The molecule has 9 heavy (non-hydrogen) atoms. The van der Waals surface area contributed by atoms with Crippen molar-refractivity contribution in [2.24, 2.45) is 0 Å². The molecule has 1 rings (SSSR count). The minimum absolute atomic E-state index is 0.365. The Morgan fingerprint density at radius 3 is 2.44 bits per heavy atom. The third-order valence-corrected chi connectivity index (χ3v) is 1.82. The predicted molar refractivity (Wildman–Crippen MR) is 34.6 cm³/mol. The van der Waals surface area contributed by atoms with E-state index in [0.29, 0.717) is 6.04 Å². The van der Waals surface area contributed by atoms with Crippen LogP contribution in [0.5, 0.6) is 0 Å². The van der Waals surface area contributed by atoms with Crippen LogP contribution in [0.3, 0.4) is 0 Å². The van der Waals surface area contributed by atoms with Crippen LogP contribution in [-0.4, -0.2) is 6.04 Å². The Morgan fingerprint density at radius 1 is 1.22 bits per heavy atom. The van der Waals surface area contributed by atoms with Crippen molar-refractivity contribution in [3.63, 3.8) is 0 Å². The summed E-state index contributed by atoms with van der Waals surface area (Å²) in [5, 5.41) is 12.0. The summed E-state index contributed by atoms with van der Waals surface area (Å²) in [7, 11) is 0. The van der Waals surface area contributed by atoms with Gasteiger partial charge in [-0.25, -0.2) is 5.32 Å². The van der Waals surface area contributed by atoms with Gasteiger partial charge in [-0.3, -0.25) is 0 Å². The molecular formula is C7H11N2. The molecule has 49 valence electrons. The third kappa shape index (κ3) is 1.93. The van der Waals surface area contributed by atoms with Crippen molar-refractivity contribution in [1.82, 2.24) is 5.32 Å². The summed E-state index contributed by atoms with van der Waals surface area (Å²) in [6.45, 7) is 0. The molecule has 2 heteroatoms. The standard InChI is InChI=1S/C7H11N2/c8-6-9-7-4-2-1-3-5-7/h7H,1-5H2. The summed E-state index contributed by atoms with van der Waals surface area (Å²) < 4.78 is 0. The minimum Gasteiger partial charge on any atom is -0.208 e. The highest BCUT2D eigenvalue weighted by Gasteiger charge is 2.12. The van der Waals surface area contributed by atoms with Crippen LogP contribution in [0.25, 0.3) is 0 Å². The van der Waals surface area contributed by atoms with Crippen LogP contribution < -0.4 is 5.32 Å². The van der Waals surface area contributed by atoms with Gasteiger partial charge in [0, 0.05) is 0 Å². The molecule has 0 aliphatic heterocycles. The number of hydrogen-bond acceptors (Lipinski definition) is 1. The molecule has 0 spiro atoms. The van der Waals surface area contributed by atoms with E-state index in [4.69, 9.17) is 5.26 Å². The Kier molecular flexibility index (Phi) is 2.38. The molecule has 0 atom stereocenters. The first-order valence-corrected chi connectivity index (χ1v) is 3.52. The fourth-order valence-corrected chi connectivity index (χ4v) is 1.29. The first kappa shape index (κ1) is 6.41. The highest BCUT2D eigenvalue weighted by atomic mass is 14.9. The Bertz CT molecular complexity index is 109. The predicted octanol–water partition coefficient (Wildman–Crippen LogP) is 1.40. The lowest BCUT2D eigenvalue weighted by Crippen LogP contribution is -2.20. The summed E-state index contributed by atoms with van der Waals surface area (Å²) >= 11 is 0. The molecule has 0 heterocycles. The highest BCUT2D eigenvalue weighted by molar-refractivity contribution is 4.78. The molecule has 0 N–H and O–H groups in total. The second kappa shape index (κ2) is 3.34. The van der Waals surface area contributed by atoms with Crippen molar-refractivity contribution in [2.75, 3.05) is 0 Å². The molecular weight excluding hydrogens is 112 g/mol. The summed E-state index contributed by atoms with van der Waals surface area (Å²) in [6, 6.07) is 0.365. The highest BCUT2D eigenvalue weighted by Crippen LogP contribution is 2.17. The lowest BCUT2D eigenvalue weighted by Gasteiger charge is -2.16. The lowest BCUT2D eigenvalue weighted by atomic mass is 9.96. The Balaban J connectivity index is 2.17. The summed E-state index contributed by atoms with van der Waals surface area (Å²) in [5.74, 6) is 0. The average molecular weight is 123 g/mol. The zero-order chi connectivity index (χ0) is 6.53. The summed E-state index contributed by atoms with van der Waals surface area (Å²) in [5.41, 5.74) is 0. The molecule has 2 nitrogen and oxygen atoms in total. The van der Waals surface area contributed by atoms with Crippen molar-refractivity contribution in [3.8, 4) is 6.19 Å². The summed E-state index contributed by atoms with van der Waals surface area (Å²) in [4.78, 5) is 0. The van der Waals surface area contributed by atoms with Gasteiger partial charge in [-0.05, 0) is 12.8 Å². The second-order valence-corrected chi connectivity index (χ2v) is 2.52. The zero-order valence-corrected chi connectivity index (χ0v) is 5.51. The molecule has 0 bridgehead atoms. The van der Waals surface area contributed by atoms with Gasteiger partial charge in [0.15, 0.2) is 0 Å². The Hall–Kier alpha value is -0.710. The van der Waals surface area contributed by atoms with Crippen molar-refractivity contribution in [2.45, 2.75) is 38.1 Å². The molecule has 1 aliphatic rings. The van der Waals surface area contributed by atoms with Crippen molar-refractivity contribution in [3.05, 3.63) is 0 Å². The Labute approximate surface area is 55.9 Å². The number of hydrogen-bond donors (Lipinski definition) is 0. The molecule has 0 aromatic carbocycles. The van der Waals surface area contributed by atoms with Gasteiger partial charge in [0.2, 0.25) is 6.19 Å². The van der Waals surface area contributed by atoms with Gasteiger partial charge in [0.1, 0.15) is 0 Å². The van der Waals surface area contributed by atoms with Gasteiger partial charge < -0.3 is 0 Å². The van der Waals surface area contributed by atoms with Gasteiger partial charge in [-0.2, -0.15) is 5.26 Å². The average Bonchev–Trinajstić information content (AvgIpc) is 1.91. The van der Waals surface area contributed by atoms with E-state index in [1.165, 1.54) is 19.3 Å². The first-order chi connectivity index (χ1) is 4.43. The molecule has 1 fully saturated rings. The molecule has 0 unspecified atom stereocenters. The minimum atomic E-state index is 0.365. The van der Waals surface area contributed by atoms with E-state index in [0.717, 1.165) is 12.8 Å². The quantitative estimate of drug-likeness (QED) is 0.486. The molecule has 0 amide bonds. The van der Waals surface area contributed by atoms with Crippen LogP contribution in [0, 0.1) is 11.5 Å². The van der Waals surface area contributed by atoms with Gasteiger partial charge in [0.25, 0.3) is 0 Å². The zero-order valence-electron chi connectivity index (χ0n) is 5.51. The molecule has 0 aromatic heterocycles. The van der Waals surface area contributed by atoms with Crippen molar-refractivity contribution < 1.29 is 0 Å². The third-order valence-electron chi connectivity index (χ3n) is 1.82. The van der Waals surface area contributed by atoms with Gasteiger partial charge in [-0.1, -0.05) is 19.3 Å². The maximum absolute atomic E-state index is 8.20. The van der Waals surface area contributed by atoms with E-state index < -0.39 is 0 Å². The van der Waals surface area contributed by atoms with Crippen LogP contribution in [0.2, 0.25) is 0 Å². The fraction of sp³-hybridized carbons (Fsp3) is 0.857. The fourth-order valence-electron chi connectivity index (χ4n) is 1.29. The first-order valence-electron chi connectivity index (χ1n) is 3.52. The van der Waals surface area contributed by atoms with Crippen LogP contribution in [0.15, 0.2) is 0 Å². The molecule has 1 aliphatic carbocycles. The van der Waals surface area contributed by atoms with Crippen LogP contribution in [0.4, 0.5) is 0 Å². The van der Waals surface area contributed by atoms with E-state index in [2.05, 4.69) is 5.32 Å². The number of nitriles is 1. The number of nitrogens with zero attached hydrogens (tertiary/aromatic N) is 2. The van der Waals surface area contributed by atoms with Gasteiger partial charge in [0.05, 0.1) is 6.04 Å². The van der Waals surface area contributed by atoms with Crippen LogP contribution in [-0.2, 0) is 0 Å². The van der Waals surface area contributed by atoms with Crippen LogP contribution >= 0.6 is 0 Å². The maximum Gasteiger partial charge on any atom is 0.200 e. The smallest absolute Gasteiger partial charge is 0.200 e.